The highest BCUT2D eigenvalue weighted by Crippen LogP contribution is 2.40. The molecule has 0 aliphatic heterocycles. The molecule has 1 aromatic carbocycles. The van der Waals surface area contributed by atoms with E-state index in [0.29, 0.717) is 4.47 Å². The predicted octanol–water partition coefficient (Wildman–Crippen LogP) is 3.13. The molecular formula is C15H12BrFO4. The third-order valence-electron chi connectivity index (χ3n) is 3.62. The van der Waals surface area contributed by atoms with Gasteiger partial charge >= 0.3 is 11.9 Å². The van der Waals surface area contributed by atoms with Gasteiger partial charge in [0.1, 0.15) is 5.82 Å². The van der Waals surface area contributed by atoms with Gasteiger partial charge in [-0.1, -0.05) is 41.1 Å². The second kappa shape index (κ2) is 5.44. The first-order valence-electron chi connectivity index (χ1n) is 6.08. The highest BCUT2D eigenvalue weighted by atomic mass is 79.9. The Balaban J connectivity index is 2.60. The number of carboxylic acid groups (broad SMARTS) is 2. The molecule has 1 aliphatic rings. The zero-order valence-corrected chi connectivity index (χ0v) is 12.6. The Morgan fingerprint density at radius 1 is 1.33 bits per heavy atom. The van der Waals surface area contributed by atoms with Crippen molar-refractivity contribution in [2.24, 2.45) is 5.92 Å². The Morgan fingerprint density at radius 3 is 2.57 bits per heavy atom. The van der Waals surface area contributed by atoms with Gasteiger partial charge in [-0.05, 0) is 23.8 Å². The van der Waals surface area contributed by atoms with Crippen molar-refractivity contribution in [3.63, 3.8) is 0 Å². The molecular weight excluding hydrogens is 343 g/mol. The fraction of sp³-hybridized carbons (Fsp3) is 0.200. The fourth-order valence-electron chi connectivity index (χ4n) is 2.41. The zero-order chi connectivity index (χ0) is 15.8. The van der Waals surface area contributed by atoms with Crippen LogP contribution in [0.2, 0.25) is 0 Å². The average molecular weight is 355 g/mol. The van der Waals surface area contributed by atoms with Crippen LogP contribution in [0.1, 0.15) is 12.5 Å². The molecule has 2 rings (SSSR count). The molecule has 6 heteroatoms. The number of carboxylic acids is 2. The second-order valence-electron chi connectivity index (χ2n) is 4.98. The van der Waals surface area contributed by atoms with E-state index in [1.165, 1.54) is 30.4 Å². The van der Waals surface area contributed by atoms with Crippen molar-refractivity contribution in [3.8, 4) is 0 Å². The van der Waals surface area contributed by atoms with Gasteiger partial charge in [0.15, 0.2) is 0 Å². The summed E-state index contributed by atoms with van der Waals surface area (Å²) in [4.78, 5) is 22.5. The molecule has 1 unspecified atom stereocenters. The average Bonchev–Trinajstić information content (AvgIpc) is 2.41. The summed E-state index contributed by atoms with van der Waals surface area (Å²) in [7, 11) is 0. The summed E-state index contributed by atoms with van der Waals surface area (Å²) in [6.07, 6.45) is 3.88. The summed E-state index contributed by atoms with van der Waals surface area (Å²) in [6.45, 7) is 1.57. The number of carbonyl (C=O) groups is 2. The molecule has 1 aromatic rings. The minimum Gasteiger partial charge on any atom is -0.481 e. The van der Waals surface area contributed by atoms with Gasteiger partial charge in [-0.3, -0.25) is 4.79 Å². The lowest BCUT2D eigenvalue weighted by molar-refractivity contribution is -0.141. The lowest BCUT2D eigenvalue weighted by atomic mass is 9.68. The SMILES string of the molecule is CC1(c2cc(Br)ccc2F)C=CC(C(=O)O)=C[C@H]1C(=O)O. The van der Waals surface area contributed by atoms with E-state index in [-0.39, 0.29) is 11.1 Å². The minimum absolute atomic E-state index is 0.115. The molecule has 0 heterocycles. The summed E-state index contributed by atoms with van der Waals surface area (Å²) in [5.41, 5.74) is -1.09. The lowest BCUT2D eigenvalue weighted by Crippen LogP contribution is -2.37. The highest BCUT2D eigenvalue weighted by molar-refractivity contribution is 9.10. The summed E-state index contributed by atoms with van der Waals surface area (Å²) in [5, 5.41) is 18.4. The molecule has 0 bridgehead atoms. The van der Waals surface area contributed by atoms with Crippen molar-refractivity contribution in [2.75, 3.05) is 0 Å². The maximum atomic E-state index is 14.1. The van der Waals surface area contributed by atoms with Crippen molar-refractivity contribution in [3.05, 3.63) is 57.9 Å². The van der Waals surface area contributed by atoms with Gasteiger partial charge in [-0.15, -0.1) is 0 Å². The molecule has 0 radical (unpaired) electrons. The number of allylic oxidation sites excluding steroid dienone is 1. The molecule has 110 valence electrons. The number of hydrogen-bond donors (Lipinski definition) is 2. The summed E-state index contributed by atoms with van der Waals surface area (Å²) < 4.78 is 14.7. The molecule has 2 atom stereocenters. The molecule has 2 N–H and O–H groups in total. The van der Waals surface area contributed by atoms with Crippen molar-refractivity contribution in [1.82, 2.24) is 0 Å². The van der Waals surface area contributed by atoms with Crippen molar-refractivity contribution in [1.29, 1.82) is 0 Å². The predicted molar refractivity (Wildman–Crippen MR) is 77.4 cm³/mol. The molecule has 0 amide bonds. The second-order valence-corrected chi connectivity index (χ2v) is 5.90. The van der Waals surface area contributed by atoms with E-state index in [9.17, 15) is 19.1 Å². The van der Waals surface area contributed by atoms with Gasteiger partial charge < -0.3 is 10.2 Å². The van der Waals surface area contributed by atoms with Gasteiger partial charge in [0.2, 0.25) is 0 Å². The molecule has 21 heavy (non-hydrogen) atoms. The van der Waals surface area contributed by atoms with E-state index in [2.05, 4.69) is 15.9 Å². The van der Waals surface area contributed by atoms with Crippen LogP contribution >= 0.6 is 15.9 Å². The van der Waals surface area contributed by atoms with Crippen LogP contribution in [0.4, 0.5) is 4.39 Å². The third kappa shape index (κ3) is 2.76. The Hall–Kier alpha value is -1.95. The van der Waals surface area contributed by atoms with Crippen molar-refractivity contribution in [2.45, 2.75) is 12.3 Å². The largest absolute Gasteiger partial charge is 0.481 e. The van der Waals surface area contributed by atoms with Crippen molar-refractivity contribution >= 4 is 27.9 Å². The molecule has 0 saturated carbocycles. The van der Waals surface area contributed by atoms with Gasteiger partial charge in [-0.25, -0.2) is 9.18 Å². The van der Waals surface area contributed by atoms with E-state index in [1.807, 2.05) is 0 Å². The number of aliphatic carboxylic acids is 2. The number of hydrogen-bond acceptors (Lipinski definition) is 2. The van der Waals surface area contributed by atoms with Crippen LogP contribution in [0.25, 0.3) is 0 Å². The van der Waals surface area contributed by atoms with Crippen LogP contribution in [0.3, 0.4) is 0 Å². The maximum absolute atomic E-state index is 14.1. The molecule has 0 aromatic heterocycles. The molecule has 0 fully saturated rings. The van der Waals surface area contributed by atoms with Crippen LogP contribution in [0, 0.1) is 11.7 Å². The van der Waals surface area contributed by atoms with Gasteiger partial charge in [-0.2, -0.15) is 0 Å². The molecule has 0 saturated heterocycles. The molecule has 0 spiro atoms. The van der Waals surface area contributed by atoms with Crippen LogP contribution < -0.4 is 0 Å². The molecule has 4 nitrogen and oxygen atoms in total. The van der Waals surface area contributed by atoms with E-state index >= 15 is 0 Å². The normalized spacial score (nSPS) is 24.5. The first kappa shape index (κ1) is 15.4. The first-order chi connectivity index (χ1) is 9.75. The van der Waals surface area contributed by atoms with Crippen molar-refractivity contribution < 1.29 is 24.2 Å². The monoisotopic (exact) mass is 354 g/mol. The van der Waals surface area contributed by atoms with Gasteiger partial charge in [0, 0.05) is 9.89 Å². The van der Waals surface area contributed by atoms with E-state index in [0.717, 1.165) is 6.08 Å². The molecule has 1 aliphatic carbocycles. The number of rotatable bonds is 3. The Kier molecular flexibility index (Phi) is 4.00. The van der Waals surface area contributed by atoms with E-state index in [1.54, 1.807) is 6.92 Å². The van der Waals surface area contributed by atoms with Crippen LogP contribution in [0.5, 0.6) is 0 Å². The summed E-state index contributed by atoms with van der Waals surface area (Å²) in [6, 6.07) is 4.27. The highest BCUT2D eigenvalue weighted by Gasteiger charge is 2.41. The minimum atomic E-state index is -1.21. The summed E-state index contributed by atoms with van der Waals surface area (Å²) >= 11 is 3.23. The standard InChI is InChI=1S/C15H12BrFO4/c1-15(10-7-9(16)2-3-12(10)17)5-4-8(13(18)19)6-11(15)14(20)21/h2-7,11H,1H3,(H,18,19)(H,20,21)/t11-,15?/m0/s1. The maximum Gasteiger partial charge on any atom is 0.335 e. The van der Waals surface area contributed by atoms with Gasteiger partial charge in [0.05, 0.1) is 11.5 Å². The van der Waals surface area contributed by atoms with E-state index in [4.69, 9.17) is 5.11 Å². The van der Waals surface area contributed by atoms with E-state index < -0.39 is 29.1 Å². The Bertz CT molecular complexity index is 680. The lowest BCUT2D eigenvalue weighted by Gasteiger charge is -2.34. The smallest absolute Gasteiger partial charge is 0.335 e. The first-order valence-corrected chi connectivity index (χ1v) is 6.87. The van der Waals surface area contributed by atoms with Crippen LogP contribution in [0.15, 0.2) is 46.5 Å². The Morgan fingerprint density at radius 2 is 2.00 bits per heavy atom. The Labute approximate surface area is 128 Å². The zero-order valence-electron chi connectivity index (χ0n) is 11.0. The topological polar surface area (TPSA) is 74.6 Å². The number of halogens is 2. The fourth-order valence-corrected chi connectivity index (χ4v) is 2.77. The third-order valence-corrected chi connectivity index (χ3v) is 4.12. The quantitative estimate of drug-likeness (QED) is 0.874. The number of benzene rings is 1. The summed E-state index contributed by atoms with van der Waals surface area (Å²) in [5.74, 6) is -4.13. The van der Waals surface area contributed by atoms with Gasteiger partial charge in [0.25, 0.3) is 0 Å². The van der Waals surface area contributed by atoms with Crippen LogP contribution in [-0.2, 0) is 15.0 Å². The van der Waals surface area contributed by atoms with Crippen LogP contribution in [-0.4, -0.2) is 22.2 Å².